The Balaban J connectivity index is 1.74. The Morgan fingerprint density at radius 2 is 1.95 bits per heavy atom. The van der Waals surface area contributed by atoms with Crippen molar-refractivity contribution in [2.75, 3.05) is 0 Å². The maximum absolute atomic E-state index is 6.35. The van der Waals surface area contributed by atoms with Crippen LogP contribution in [-0.2, 0) is 9.31 Å². The van der Waals surface area contributed by atoms with Gasteiger partial charge in [0.2, 0.25) is 0 Å². The van der Waals surface area contributed by atoms with Crippen molar-refractivity contribution in [3.05, 3.63) is 0 Å². The van der Waals surface area contributed by atoms with E-state index in [1.807, 2.05) is 0 Å². The van der Waals surface area contributed by atoms with E-state index in [4.69, 9.17) is 15.0 Å². The van der Waals surface area contributed by atoms with Gasteiger partial charge < -0.3 is 15.0 Å². The van der Waals surface area contributed by atoms with Crippen LogP contribution in [0.1, 0.15) is 53.9 Å². The van der Waals surface area contributed by atoms with Gasteiger partial charge >= 0.3 is 7.12 Å². The van der Waals surface area contributed by atoms with Crippen LogP contribution in [0.2, 0.25) is 0 Å². The lowest BCUT2D eigenvalue weighted by Gasteiger charge is -2.64. The molecule has 0 spiro atoms. The molecule has 0 radical (unpaired) electrons. The molecule has 1 aliphatic heterocycles. The summed E-state index contributed by atoms with van der Waals surface area (Å²) >= 11 is 0. The van der Waals surface area contributed by atoms with Crippen molar-refractivity contribution in [2.24, 2.45) is 28.9 Å². The number of hydrogen-bond acceptors (Lipinski definition) is 3. The molecule has 4 heteroatoms. The average Bonchev–Trinajstić information content (AvgIpc) is 2.64. The van der Waals surface area contributed by atoms with Gasteiger partial charge in [0.05, 0.1) is 11.7 Å². The van der Waals surface area contributed by atoms with Gasteiger partial charge in [0.15, 0.2) is 0 Å². The monoisotopic (exact) mass is 265 g/mol. The summed E-state index contributed by atoms with van der Waals surface area (Å²) in [6.07, 6.45) is 3.67. The van der Waals surface area contributed by atoms with Crippen LogP contribution >= 0.6 is 0 Å². The van der Waals surface area contributed by atoms with E-state index in [-0.39, 0.29) is 24.8 Å². The highest BCUT2D eigenvalue weighted by Crippen LogP contribution is 2.65. The van der Waals surface area contributed by atoms with E-state index in [0.717, 1.165) is 18.8 Å². The lowest BCUT2D eigenvalue weighted by atomic mass is 9.43. The van der Waals surface area contributed by atoms with Crippen molar-refractivity contribution in [3.63, 3.8) is 0 Å². The number of hydrogen-bond donors (Lipinski definition) is 1. The van der Waals surface area contributed by atoms with Gasteiger partial charge in [-0.05, 0) is 49.4 Å². The standard InChI is InChI=1S/C15H28BNO2/c1-9(2)6-13(17)16-18-12-8-10-7-11(14(10,3)4)15(12,5)19-16/h9-13H,6-8,17H2,1-5H3/t10-,11-,12+,13+,15-/m0/s1. The van der Waals surface area contributed by atoms with Crippen LogP contribution in [0.15, 0.2) is 0 Å². The quantitative estimate of drug-likeness (QED) is 0.798. The van der Waals surface area contributed by atoms with Gasteiger partial charge in [0.25, 0.3) is 0 Å². The molecule has 2 bridgehead atoms. The summed E-state index contributed by atoms with van der Waals surface area (Å²) < 4.78 is 12.5. The van der Waals surface area contributed by atoms with E-state index >= 15 is 0 Å². The van der Waals surface area contributed by atoms with Crippen LogP contribution in [0.5, 0.6) is 0 Å². The lowest BCUT2D eigenvalue weighted by Crippen LogP contribution is -2.65. The third-order valence-corrected chi connectivity index (χ3v) is 6.06. The van der Waals surface area contributed by atoms with Crippen LogP contribution in [0.3, 0.4) is 0 Å². The van der Waals surface area contributed by atoms with Gasteiger partial charge in [-0.3, -0.25) is 0 Å². The zero-order valence-corrected chi connectivity index (χ0v) is 13.0. The Hall–Kier alpha value is -0.0551. The fourth-order valence-corrected chi connectivity index (χ4v) is 4.74. The van der Waals surface area contributed by atoms with Crippen molar-refractivity contribution in [3.8, 4) is 0 Å². The summed E-state index contributed by atoms with van der Waals surface area (Å²) in [4.78, 5) is 0. The molecule has 19 heavy (non-hydrogen) atoms. The predicted molar refractivity (Wildman–Crippen MR) is 77.5 cm³/mol. The second kappa shape index (κ2) is 4.22. The topological polar surface area (TPSA) is 44.5 Å². The molecule has 4 fully saturated rings. The van der Waals surface area contributed by atoms with Crippen molar-refractivity contribution in [2.45, 2.75) is 71.5 Å². The summed E-state index contributed by atoms with van der Waals surface area (Å²) in [5.74, 6) is 2.02. The van der Waals surface area contributed by atoms with Crippen LogP contribution in [0, 0.1) is 23.2 Å². The molecule has 0 unspecified atom stereocenters. The number of rotatable bonds is 3. The third kappa shape index (κ3) is 1.90. The van der Waals surface area contributed by atoms with E-state index < -0.39 is 0 Å². The second-order valence-corrected chi connectivity index (χ2v) is 8.13. The predicted octanol–water partition coefficient (Wildman–Crippen LogP) is 2.63. The fraction of sp³-hybridized carbons (Fsp3) is 1.00. The van der Waals surface area contributed by atoms with Crippen molar-refractivity contribution >= 4 is 7.12 Å². The van der Waals surface area contributed by atoms with E-state index in [1.165, 1.54) is 6.42 Å². The van der Waals surface area contributed by atoms with E-state index in [0.29, 0.717) is 17.3 Å². The van der Waals surface area contributed by atoms with Crippen LogP contribution in [-0.4, -0.2) is 24.8 Å². The molecule has 0 aromatic heterocycles. The van der Waals surface area contributed by atoms with Crippen molar-refractivity contribution < 1.29 is 9.31 Å². The SMILES string of the molecule is CC(C)C[C@@H](N)B1O[C@@H]2C[C@@H]3C[C@@H](C3(C)C)[C@]2(C)O1. The van der Waals surface area contributed by atoms with Crippen LogP contribution in [0.4, 0.5) is 0 Å². The Bertz CT molecular complexity index is 373. The second-order valence-electron chi connectivity index (χ2n) is 8.13. The highest BCUT2D eigenvalue weighted by molar-refractivity contribution is 6.47. The third-order valence-electron chi connectivity index (χ3n) is 6.06. The first kappa shape index (κ1) is 13.9. The first-order valence-corrected chi connectivity index (χ1v) is 7.84. The Kier molecular flexibility index (Phi) is 3.09. The first-order valence-electron chi connectivity index (χ1n) is 7.84. The van der Waals surface area contributed by atoms with Gasteiger partial charge in [-0.25, -0.2) is 0 Å². The van der Waals surface area contributed by atoms with Gasteiger partial charge in [-0.2, -0.15) is 0 Å². The molecule has 0 amide bonds. The minimum Gasteiger partial charge on any atom is -0.404 e. The molecule has 1 saturated heterocycles. The molecule has 1 heterocycles. The summed E-state index contributed by atoms with van der Waals surface area (Å²) in [7, 11) is -0.201. The van der Waals surface area contributed by atoms with Crippen LogP contribution in [0.25, 0.3) is 0 Å². The zero-order valence-electron chi connectivity index (χ0n) is 13.0. The summed E-state index contributed by atoms with van der Waals surface area (Å²) in [5, 5.41) is 0. The van der Waals surface area contributed by atoms with Gasteiger partial charge in [0.1, 0.15) is 0 Å². The molecule has 108 valence electrons. The van der Waals surface area contributed by atoms with Gasteiger partial charge in [0, 0.05) is 5.94 Å². The summed E-state index contributed by atoms with van der Waals surface area (Å²) in [6, 6.07) is 0. The van der Waals surface area contributed by atoms with Crippen molar-refractivity contribution in [1.29, 1.82) is 0 Å². The van der Waals surface area contributed by atoms with Crippen molar-refractivity contribution in [1.82, 2.24) is 0 Å². The highest BCUT2D eigenvalue weighted by Gasteiger charge is 2.68. The molecule has 0 aromatic rings. The smallest absolute Gasteiger partial charge is 0.404 e. The largest absolute Gasteiger partial charge is 0.475 e. The van der Waals surface area contributed by atoms with E-state index in [9.17, 15) is 0 Å². The minimum atomic E-state index is -0.201. The molecule has 2 N–H and O–H groups in total. The minimum absolute atomic E-state index is 0.00253. The molecule has 4 aliphatic rings. The normalized spacial score (nSPS) is 45.0. The fourth-order valence-electron chi connectivity index (χ4n) is 4.74. The van der Waals surface area contributed by atoms with Gasteiger partial charge in [-0.1, -0.05) is 27.7 Å². The van der Waals surface area contributed by atoms with E-state index in [2.05, 4.69) is 34.6 Å². The zero-order chi connectivity index (χ0) is 14.0. The van der Waals surface area contributed by atoms with E-state index in [1.54, 1.807) is 0 Å². The Morgan fingerprint density at radius 1 is 1.26 bits per heavy atom. The summed E-state index contributed by atoms with van der Waals surface area (Å²) in [6.45, 7) is 11.4. The Labute approximate surface area is 117 Å². The maximum atomic E-state index is 6.35. The molecule has 3 nitrogen and oxygen atoms in total. The molecular weight excluding hydrogens is 237 g/mol. The molecule has 5 atom stereocenters. The first-order chi connectivity index (χ1) is 8.75. The molecule has 3 aliphatic carbocycles. The van der Waals surface area contributed by atoms with Crippen LogP contribution < -0.4 is 5.73 Å². The molecule has 0 aromatic carbocycles. The van der Waals surface area contributed by atoms with Gasteiger partial charge in [-0.15, -0.1) is 0 Å². The maximum Gasteiger partial charge on any atom is 0.475 e. The molecule has 4 rings (SSSR count). The number of nitrogens with two attached hydrogens (primary N) is 1. The molecular formula is C15H28BNO2. The molecule has 3 saturated carbocycles. The Morgan fingerprint density at radius 3 is 2.53 bits per heavy atom. The average molecular weight is 265 g/mol. The lowest BCUT2D eigenvalue weighted by molar-refractivity contribution is -0.199. The highest BCUT2D eigenvalue weighted by atomic mass is 16.7. The summed E-state index contributed by atoms with van der Waals surface area (Å²) in [5.41, 5.74) is 6.56.